The average Bonchev–Trinajstić information content (AvgIpc) is 2.27. The van der Waals surface area contributed by atoms with Gasteiger partial charge in [-0.1, -0.05) is 0 Å². The van der Waals surface area contributed by atoms with E-state index >= 15 is 0 Å². The van der Waals surface area contributed by atoms with Crippen LogP contribution in [0, 0.1) is 0 Å². The molecule has 5 heteroatoms. The van der Waals surface area contributed by atoms with Crippen LogP contribution in [-0.2, 0) is 4.74 Å². The lowest BCUT2D eigenvalue weighted by Gasteiger charge is -2.40. The number of ether oxygens (including phenoxy) is 1. The van der Waals surface area contributed by atoms with Gasteiger partial charge < -0.3 is 10.5 Å². The van der Waals surface area contributed by atoms with E-state index in [9.17, 15) is 8.78 Å². The monoisotopic (exact) mass is 227 g/mol. The molecule has 2 N–H and O–H groups in total. The molecule has 1 aliphatic heterocycles. The van der Waals surface area contributed by atoms with Gasteiger partial charge in [0.05, 0.1) is 0 Å². The average molecular weight is 228 g/mol. The molecule has 2 nitrogen and oxygen atoms in total. The summed E-state index contributed by atoms with van der Waals surface area (Å²) in [6.07, 6.45) is 2.00. The second-order valence-corrected chi connectivity index (χ2v) is 4.15. The number of nitrogens with two attached hydrogens (primary N) is 1. The van der Waals surface area contributed by atoms with E-state index in [0.717, 1.165) is 0 Å². The molecule has 0 bridgehead atoms. The predicted octanol–water partition coefficient (Wildman–Crippen LogP) is 2.10. The summed E-state index contributed by atoms with van der Waals surface area (Å²) >= 11 is 0. The maximum Gasteiger partial charge on any atom is 0.276 e. The summed E-state index contributed by atoms with van der Waals surface area (Å²) in [6.45, 7) is 0.386. The van der Waals surface area contributed by atoms with Gasteiger partial charge in [-0.05, 0) is 25.7 Å². The highest BCUT2D eigenvalue weighted by Gasteiger charge is 2.59. The zero-order valence-corrected chi connectivity index (χ0v) is 8.79. The minimum Gasteiger partial charge on any atom is -0.369 e. The Morgan fingerprint density at radius 1 is 1.29 bits per heavy atom. The molecule has 84 valence electrons. The minimum atomic E-state index is -2.66. The molecule has 2 unspecified atom stereocenters. The first-order chi connectivity index (χ1) is 6.06. The van der Waals surface area contributed by atoms with Crippen LogP contribution in [0.1, 0.15) is 32.1 Å². The van der Waals surface area contributed by atoms with Crippen LogP contribution in [0.3, 0.4) is 0 Å². The molecule has 14 heavy (non-hydrogen) atoms. The summed E-state index contributed by atoms with van der Waals surface area (Å²) < 4.78 is 32.2. The van der Waals surface area contributed by atoms with Gasteiger partial charge in [-0.15, -0.1) is 12.4 Å². The van der Waals surface area contributed by atoms with Gasteiger partial charge in [0.25, 0.3) is 5.92 Å². The molecule has 2 aliphatic rings. The molecule has 1 spiro atoms. The van der Waals surface area contributed by atoms with E-state index in [-0.39, 0.29) is 24.9 Å². The van der Waals surface area contributed by atoms with Crippen molar-refractivity contribution in [2.45, 2.75) is 49.7 Å². The van der Waals surface area contributed by atoms with E-state index in [1.165, 1.54) is 0 Å². The van der Waals surface area contributed by atoms with Crippen LogP contribution in [0.4, 0.5) is 8.78 Å². The molecule has 1 heterocycles. The fraction of sp³-hybridized carbons (Fsp3) is 1.00. The maximum atomic E-state index is 13.5. The number of hydrogen-bond acceptors (Lipinski definition) is 2. The molecule has 0 amide bonds. The summed E-state index contributed by atoms with van der Waals surface area (Å²) in [5.74, 6) is -2.66. The zero-order chi connectivity index (χ0) is 9.53. The topological polar surface area (TPSA) is 35.2 Å². The maximum absolute atomic E-state index is 13.5. The molecular formula is C9H16ClF2NO. The number of rotatable bonds is 0. The van der Waals surface area contributed by atoms with Crippen LogP contribution < -0.4 is 5.73 Å². The first-order valence-electron chi connectivity index (χ1n) is 4.83. The molecule has 1 saturated carbocycles. The summed E-state index contributed by atoms with van der Waals surface area (Å²) in [5, 5.41) is 0. The minimum absolute atomic E-state index is 0. The summed E-state index contributed by atoms with van der Waals surface area (Å²) in [4.78, 5) is 0. The Kier molecular flexibility index (Phi) is 3.39. The van der Waals surface area contributed by atoms with Crippen LogP contribution >= 0.6 is 12.4 Å². The zero-order valence-electron chi connectivity index (χ0n) is 7.97. The largest absolute Gasteiger partial charge is 0.369 e. The van der Waals surface area contributed by atoms with Crippen molar-refractivity contribution in [3.05, 3.63) is 0 Å². The first kappa shape index (κ1) is 12.1. The lowest BCUT2D eigenvalue weighted by atomic mass is 9.87. The highest BCUT2D eigenvalue weighted by molar-refractivity contribution is 5.85. The van der Waals surface area contributed by atoms with Crippen molar-refractivity contribution in [2.24, 2.45) is 5.73 Å². The van der Waals surface area contributed by atoms with E-state index in [1.807, 2.05) is 0 Å². The van der Waals surface area contributed by atoms with Crippen molar-refractivity contribution in [1.82, 2.24) is 0 Å². The SMILES string of the molecule is Cl.NC1CCOC2(CCCC2(F)F)C1. The fourth-order valence-corrected chi connectivity index (χ4v) is 2.43. The van der Waals surface area contributed by atoms with Crippen molar-refractivity contribution in [3.63, 3.8) is 0 Å². The second-order valence-electron chi connectivity index (χ2n) is 4.15. The third-order valence-electron chi connectivity index (χ3n) is 3.20. The van der Waals surface area contributed by atoms with Crippen molar-refractivity contribution in [2.75, 3.05) is 6.61 Å². The van der Waals surface area contributed by atoms with E-state index in [2.05, 4.69) is 0 Å². The molecule has 0 aromatic carbocycles. The van der Waals surface area contributed by atoms with E-state index in [1.54, 1.807) is 0 Å². The molecule has 1 saturated heterocycles. The number of halogens is 3. The molecule has 1 aliphatic carbocycles. The molecular weight excluding hydrogens is 212 g/mol. The Balaban J connectivity index is 0.000000980. The van der Waals surface area contributed by atoms with Crippen LogP contribution in [0.2, 0.25) is 0 Å². The number of alkyl halides is 2. The lowest BCUT2D eigenvalue weighted by Crippen LogP contribution is -2.53. The van der Waals surface area contributed by atoms with E-state index in [0.29, 0.717) is 32.3 Å². The quantitative estimate of drug-likeness (QED) is 0.688. The Labute approximate surface area is 88.6 Å². The van der Waals surface area contributed by atoms with Crippen molar-refractivity contribution < 1.29 is 13.5 Å². The molecule has 0 aromatic rings. The van der Waals surface area contributed by atoms with Gasteiger partial charge >= 0.3 is 0 Å². The van der Waals surface area contributed by atoms with Crippen molar-refractivity contribution in [1.29, 1.82) is 0 Å². The third-order valence-corrected chi connectivity index (χ3v) is 3.20. The standard InChI is InChI=1S/C9H15F2NO.ClH/c10-9(11)4-1-3-8(9)6-7(12)2-5-13-8;/h7H,1-6,12H2;1H. The summed E-state index contributed by atoms with van der Waals surface area (Å²) in [5.41, 5.74) is 4.48. The van der Waals surface area contributed by atoms with Gasteiger partial charge in [0.15, 0.2) is 0 Å². The lowest BCUT2D eigenvalue weighted by molar-refractivity contribution is -0.209. The molecule has 2 rings (SSSR count). The van der Waals surface area contributed by atoms with Crippen LogP contribution in [0.5, 0.6) is 0 Å². The van der Waals surface area contributed by atoms with E-state index in [4.69, 9.17) is 10.5 Å². The summed E-state index contributed by atoms with van der Waals surface area (Å²) in [6, 6.07) is -0.113. The van der Waals surface area contributed by atoms with Gasteiger partial charge in [-0.2, -0.15) is 0 Å². The van der Waals surface area contributed by atoms with E-state index < -0.39 is 11.5 Å². The van der Waals surface area contributed by atoms with Crippen molar-refractivity contribution >= 4 is 12.4 Å². The van der Waals surface area contributed by atoms with Gasteiger partial charge in [0, 0.05) is 19.1 Å². The second kappa shape index (κ2) is 3.91. The Morgan fingerprint density at radius 3 is 2.50 bits per heavy atom. The normalized spacial score (nSPS) is 40.9. The van der Waals surface area contributed by atoms with Crippen LogP contribution in [0.15, 0.2) is 0 Å². The molecule has 0 radical (unpaired) electrons. The molecule has 0 aromatic heterocycles. The molecule has 2 atom stereocenters. The number of hydrogen-bond donors (Lipinski definition) is 1. The van der Waals surface area contributed by atoms with Crippen LogP contribution in [-0.4, -0.2) is 24.2 Å². The summed E-state index contributed by atoms with van der Waals surface area (Å²) in [7, 11) is 0. The van der Waals surface area contributed by atoms with Crippen molar-refractivity contribution in [3.8, 4) is 0 Å². The molecule has 2 fully saturated rings. The smallest absolute Gasteiger partial charge is 0.276 e. The Morgan fingerprint density at radius 2 is 2.00 bits per heavy atom. The first-order valence-corrected chi connectivity index (χ1v) is 4.83. The Hall–Kier alpha value is 0.0700. The van der Waals surface area contributed by atoms with Gasteiger partial charge in [-0.25, -0.2) is 8.78 Å². The van der Waals surface area contributed by atoms with Gasteiger partial charge in [0.1, 0.15) is 5.60 Å². The highest BCUT2D eigenvalue weighted by atomic mass is 35.5. The highest BCUT2D eigenvalue weighted by Crippen LogP contribution is 2.50. The van der Waals surface area contributed by atoms with Crippen LogP contribution in [0.25, 0.3) is 0 Å². The third kappa shape index (κ3) is 1.75. The van der Waals surface area contributed by atoms with Gasteiger partial charge in [-0.3, -0.25) is 0 Å². The van der Waals surface area contributed by atoms with Gasteiger partial charge in [0.2, 0.25) is 0 Å². The Bertz CT molecular complexity index is 215. The predicted molar refractivity (Wildman–Crippen MR) is 51.9 cm³/mol. The fourth-order valence-electron chi connectivity index (χ4n) is 2.43.